The Morgan fingerprint density at radius 3 is 2.34 bits per heavy atom. The van der Waals surface area contributed by atoms with Gasteiger partial charge in [0.15, 0.2) is 12.4 Å². The third kappa shape index (κ3) is 3.69. The zero-order valence-electron chi connectivity index (χ0n) is 18.3. The molecule has 0 spiro atoms. The molecule has 0 unspecified atom stereocenters. The molecule has 3 heterocycles. The van der Waals surface area contributed by atoms with Crippen LogP contribution in [0.1, 0.15) is 30.7 Å². The van der Waals surface area contributed by atoms with E-state index < -0.39 is 17.4 Å². The van der Waals surface area contributed by atoms with Crippen molar-refractivity contribution >= 4 is 34.7 Å². The maximum absolute atomic E-state index is 13.5. The summed E-state index contributed by atoms with van der Waals surface area (Å²) in [6.45, 7) is 7.77. The molecule has 1 aliphatic heterocycles. The number of aromatic nitrogens is 3. The lowest BCUT2D eigenvalue weighted by atomic mass is 10.1. The maximum Gasteiger partial charge on any atom is 0.326 e. The monoisotopic (exact) mass is 451 g/mol. The van der Waals surface area contributed by atoms with Gasteiger partial charge in [-0.2, -0.15) is 4.57 Å². The average Bonchev–Trinajstić information content (AvgIpc) is 3.15. The van der Waals surface area contributed by atoms with E-state index in [1.54, 1.807) is 54.2 Å². The number of pyridine rings is 1. The van der Waals surface area contributed by atoms with Gasteiger partial charge in [-0.05, 0) is 50.1 Å². The molecule has 0 bridgehead atoms. The molecular weight excluding hydrogens is 428 g/mol. The van der Waals surface area contributed by atoms with E-state index in [0.29, 0.717) is 16.4 Å². The van der Waals surface area contributed by atoms with Gasteiger partial charge in [-0.1, -0.05) is 25.4 Å². The van der Waals surface area contributed by atoms with Crippen molar-refractivity contribution in [3.05, 3.63) is 81.0 Å². The number of carbonyl (C=O) groups excluding carboxylic acids is 2. The lowest BCUT2D eigenvalue weighted by Crippen LogP contribution is -2.41. The first-order valence-electron chi connectivity index (χ1n) is 10.4. The van der Waals surface area contributed by atoms with Crippen LogP contribution in [0, 0.1) is 19.8 Å². The number of nitrogens with zero attached hydrogens (tertiary/aromatic N) is 3. The van der Waals surface area contributed by atoms with Crippen molar-refractivity contribution in [3.63, 3.8) is 0 Å². The molecule has 0 saturated carbocycles. The Morgan fingerprint density at radius 2 is 1.72 bits per heavy atom. The van der Waals surface area contributed by atoms with Crippen molar-refractivity contribution in [2.24, 2.45) is 5.92 Å². The lowest BCUT2D eigenvalue weighted by molar-refractivity contribution is -0.577. The standard InChI is InChI=1S/C24H23ClN4O3/c1-14(2)12-28-22(30)20(21(24(28)32)27-11-5-6-15(3)13-27)19-16(4)26-29(23(19)31)18-9-7-17(25)8-10-18/h5-11,13-14H,12H2,1-4H3/p+1. The molecule has 0 saturated heterocycles. The largest absolute Gasteiger partial charge is 0.326 e. The summed E-state index contributed by atoms with van der Waals surface area (Å²) in [7, 11) is 0. The highest BCUT2D eigenvalue weighted by Crippen LogP contribution is 2.30. The second-order valence-corrected chi connectivity index (χ2v) is 8.79. The molecule has 2 amide bonds. The number of hydrogen-bond donors (Lipinski definition) is 1. The SMILES string of the molecule is Cc1ccc[n+](C2=C(c3c(C)[nH]n(-c4ccc(Cl)cc4)c3=O)C(=O)N(CC(C)C)C2=O)c1. The predicted octanol–water partition coefficient (Wildman–Crippen LogP) is 3.12. The van der Waals surface area contributed by atoms with Gasteiger partial charge in [-0.25, -0.2) is 4.68 Å². The van der Waals surface area contributed by atoms with Gasteiger partial charge in [-0.3, -0.25) is 24.4 Å². The third-order valence-corrected chi connectivity index (χ3v) is 5.56. The minimum atomic E-state index is -0.463. The van der Waals surface area contributed by atoms with Crippen LogP contribution in [0.4, 0.5) is 0 Å². The number of benzene rings is 1. The topological polar surface area (TPSA) is 79.1 Å². The first-order valence-corrected chi connectivity index (χ1v) is 10.7. The molecule has 164 valence electrons. The fraction of sp³-hybridized carbons (Fsp3) is 0.250. The van der Waals surface area contributed by atoms with Crippen LogP contribution in [0.15, 0.2) is 53.6 Å². The van der Waals surface area contributed by atoms with Gasteiger partial charge in [0.05, 0.1) is 11.3 Å². The second kappa shape index (κ2) is 8.24. The quantitative estimate of drug-likeness (QED) is 0.478. The van der Waals surface area contributed by atoms with Gasteiger partial charge in [0.2, 0.25) is 0 Å². The van der Waals surface area contributed by atoms with Gasteiger partial charge < -0.3 is 0 Å². The van der Waals surface area contributed by atoms with E-state index in [4.69, 9.17) is 11.6 Å². The van der Waals surface area contributed by atoms with Crippen LogP contribution in [-0.2, 0) is 9.59 Å². The molecule has 1 aromatic carbocycles. The first kappa shape index (κ1) is 21.8. The molecule has 3 aromatic rings. The van der Waals surface area contributed by atoms with E-state index in [-0.39, 0.29) is 29.3 Å². The summed E-state index contributed by atoms with van der Waals surface area (Å²) in [4.78, 5) is 41.5. The Morgan fingerprint density at radius 1 is 1.03 bits per heavy atom. The molecule has 1 aliphatic rings. The van der Waals surface area contributed by atoms with Gasteiger partial charge in [0.1, 0.15) is 5.57 Å². The number of carbonyl (C=O) groups is 2. The number of amides is 2. The van der Waals surface area contributed by atoms with E-state index >= 15 is 0 Å². The number of nitrogens with one attached hydrogen (secondary N) is 1. The highest BCUT2D eigenvalue weighted by molar-refractivity contribution is 6.44. The Balaban J connectivity index is 1.96. The normalized spacial score (nSPS) is 14.2. The minimum absolute atomic E-state index is 0.0871. The molecule has 4 rings (SSSR count). The number of aryl methyl sites for hydroxylation is 2. The second-order valence-electron chi connectivity index (χ2n) is 8.36. The summed E-state index contributed by atoms with van der Waals surface area (Å²) < 4.78 is 2.99. The summed E-state index contributed by atoms with van der Waals surface area (Å²) >= 11 is 5.98. The van der Waals surface area contributed by atoms with E-state index in [9.17, 15) is 14.4 Å². The molecule has 0 fully saturated rings. The summed E-state index contributed by atoms with van der Waals surface area (Å²) in [5.41, 5.74) is 2.07. The number of aromatic amines is 1. The molecule has 0 radical (unpaired) electrons. The number of imide groups is 1. The van der Waals surface area contributed by atoms with Crippen LogP contribution in [0.25, 0.3) is 17.0 Å². The zero-order chi connectivity index (χ0) is 23.2. The lowest BCUT2D eigenvalue weighted by Gasteiger charge is -2.15. The van der Waals surface area contributed by atoms with Crippen LogP contribution < -0.4 is 10.1 Å². The van der Waals surface area contributed by atoms with Crippen molar-refractivity contribution < 1.29 is 14.2 Å². The van der Waals surface area contributed by atoms with Gasteiger partial charge >= 0.3 is 5.91 Å². The summed E-state index contributed by atoms with van der Waals surface area (Å²) in [5.74, 6) is -0.786. The van der Waals surface area contributed by atoms with Crippen molar-refractivity contribution in [2.45, 2.75) is 27.7 Å². The van der Waals surface area contributed by atoms with Crippen LogP contribution in [0.3, 0.4) is 0 Å². The van der Waals surface area contributed by atoms with E-state index in [1.807, 2.05) is 26.8 Å². The van der Waals surface area contributed by atoms with Crippen LogP contribution in [-0.4, -0.2) is 33.0 Å². The van der Waals surface area contributed by atoms with Crippen LogP contribution >= 0.6 is 11.6 Å². The smallest absolute Gasteiger partial charge is 0.295 e. The molecular formula is C24H24ClN4O3+. The highest BCUT2D eigenvalue weighted by Gasteiger charge is 2.47. The Kier molecular flexibility index (Phi) is 5.60. The van der Waals surface area contributed by atoms with E-state index in [1.165, 1.54) is 9.58 Å². The molecule has 0 atom stereocenters. The summed E-state index contributed by atoms with van der Waals surface area (Å²) in [6.07, 6.45) is 3.49. The van der Waals surface area contributed by atoms with Crippen LogP contribution in [0.5, 0.6) is 0 Å². The number of halogens is 1. The minimum Gasteiger partial charge on any atom is -0.295 e. The van der Waals surface area contributed by atoms with Gasteiger partial charge in [0.25, 0.3) is 17.2 Å². The summed E-state index contributed by atoms with van der Waals surface area (Å²) in [6, 6.07) is 10.5. The molecule has 1 N–H and O–H groups in total. The van der Waals surface area contributed by atoms with Crippen molar-refractivity contribution in [3.8, 4) is 5.69 Å². The average molecular weight is 452 g/mol. The van der Waals surface area contributed by atoms with E-state index in [2.05, 4.69) is 5.10 Å². The van der Waals surface area contributed by atoms with E-state index in [0.717, 1.165) is 5.56 Å². The number of hydrogen-bond acceptors (Lipinski definition) is 3. The molecule has 2 aromatic heterocycles. The molecule has 0 aliphatic carbocycles. The number of rotatable bonds is 5. The Labute approximate surface area is 190 Å². The fourth-order valence-corrected chi connectivity index (χ4v) is 4.03. The number of H-pyrrole nitrogens is 1. The van der Waals surface area contributed by atoms with Crippen molar-refractivity contribution in [1.29, 1.82) is 0 Å². The Bertz CT molecular complexity index is 1320. The van der Waals surface area contributed by atoms with Crippen molar-refractivity contribution in [2.75, 3.05) is 6.54 Å². The third-order valence-electron chi connectivity index (χ3n) is 5.30. The van der Waals surface area contributed by atoms with Gasteiger partial charge in [-0.15, -0.1) is 0 Å². The first-order chi connectivity index (χ1) is 15.2. The van der Waals surface area contributed by atoms with Crippen LogP contribution in [0.2, 0.25) is 5.02 Å². The maximum atomic E-state index is 13.5. The van der Waals surface area contributed by atoms with Gasteiger partial charge in [0, 0.05) is 28.9 Å². The summed E-state index contributed by atoms with van der Waals surface area (Å²) in [5, 5.41) is 3.58. The zero-order valence-corrected chi connectivity index (χ0v) is 19.1. The molecule has 32 heavy (non-hydrogen) atoms. The molecule has 7 nitrogen and oxygen atoms in total. The molecule has 8 heteroatoms. The highest BCUT2D eigenvalue weighted by atomic mass is 35.5. The van der Waals surface area contributed by atoms with Crippen molar-refractivity contribution in [1.82, 2.24) is 14.7 Å². The fourth-order valence-electron chi connectivity index (χ4n) is 3.90. The Hall–Kier alpha value is -3.45. The predicted molar refractivity (Wildman–Crippen MR) is 122 cm³/mol.